The van der Waals surface area contributed by atoms with Crippen molar-refractivity contribution in [3.8, 4) is 0 Å². The zero-order valence-electron chi connectivity index (χ0n) is 9.17. The number of hydrogen-bond donors (Lipinski definition) is 2. The first kappa shape index (κ1) is 13.9. The summed E-state index contributed by atoms with van der Waals surface area (Å²) in [5.41, 5.74) is 5.71. The van der Waals surface area contributed by atoms with Crippen molar-refractivity contribution in [2.75, 3.05) is 6.54 Å². The molecule has 0 fully saturated rings. The number of nitrogens with two attached hydrogens (primary N) is 1. The Morgan fingerprint density at radius 3 is 2.82 bits per heavy atom. The van der Waals surface area contributed by atoms with Crippen LogP contribution in [0.3, 0.4) is 0 Å². The summed E-state index contributed by atoms with van der Waals surface area (Å²) >= 11 is 10.4. The van der Waals surface area contributed by atoms with Gasteiger partial charge < -0.3 is 11.1 Å². The topological polar surface area (TPSA) is 55.1 Å². The average molecular weight is 275 g/mol. The molecule has 1 unspecified atom stereocenters. The van der Waals surface area contributed by atoms with Crippen molar-refractivity contribution in [2.45, 2.75) is 6.92 Å². The van der Waals surface area contributed by atoms with Gasteiger partial charge in [-0.15, -0.1) is 0 Å². The summed E-state index contributed by atoms with van der Waals surface area (Å²) in [5, 5.41) is 2.56. The molecule has 0 heterocycles. The molecule has 0 aromatic heterocycles. The van der Waals surface area contributed by atoms with E-state index in [2.05, 4.69) is 5.32 Å². The van der Waals surface area contributed by atoms with E-state index < -0.39 is 5.82 Å². The minimum atomic E-state index is -0.556. The van der Waals surface area contributed by atoms with E-state index in [1.54, 1.807) is 6.92 Å². The molecule has 1 amide bonds. The third-order valence-electron chi connectivity index (χ3n) is 2.24. The van der Waals surface area contributed by atoms with Gasteiger partial charge in [0, 0.05) is 18.0 Å². The number of hydrogen-bond acceptors (Lipinski definition) is 2. The maximum absolute atomic E-state index is 12.9. The highest BCUT2D eigenvalue weighted by atomic mass is 35.5. The van der Waals surface area contributed by atoms with Crippen molar-refractivity contribution in [3.63, 3.8) is 0 Å². The molecular weight excluding hydrogens is 263 g/mol. The summed E-state index contributed by atoms with van der Waals surface area (Å²) in [6.45, 7) is 2.14. The van der Waals surface area contributed by atoms with E-state index in [1.165, 1.54) is 12.1 Å². The molecular formula is C11H12ClFN2OS. The zero-order chi connectivity index (χ0) is 13.0. The second kappa shape index (κ2) is 5.93. The highest BCUT2D eigenvalue weighted by molar-refractivity contribution is 7.80. The molecule has 92 valence electrons. The fourth-order valence-corrected chi connectivity index (χ4v) is 1.35. The minimum absolute atomic E-state index is 0.0833. The molecule has 0 spiro atoms. The maximum atomic E-state index is 12.9. The molecule has 0 radical (unpaired) electrons. The summed E-state index contributed by atoms with van der Waals surface area (Å²) in [6, 6.07) is 3.79. The number of rotatable bonds is 4. The van der Waals surface area contributed by atoms with Gasteiger partial charge in [-0.05, 0) is 18.2 Å². The van der Waals surface area contributed by atoms with Crippen LogP contribution in [0, 0.1) is 11.7 Å². The van der Waals surface area contributed by atoms with Crippen LogP contribution in [-0.4, -0.2) is 17.4 Å². The van der Waals surface area contributed by atoms with Gasteiger partial charge in [0.15, 0.2) is 0 Å². The summed E-state index contributed by atoms with van der Waals surface area (Å²) in [5.74, 6) is -0.986. The molecule has 0 saturated heterocycles. The van der Waals surface area contributed by atoms with Gasteiger partial charge in [0.25, 0.3) is 5.91 Å². The van der Waals surface area contributed by atoms with Crippen LogP contribution in [0.25, 0.3) is 0 Å². The fourth-order valence-electron chi connectivity index (χ4n) is 1.09. The number of carbonyl (C=O) groups excluding carboxylic acids is 1. The van der Waals surface area contributed by atoms with Gasteiger partial charge in [-0.25, -0.2) is 4.39 Å². The monoisotopic (exact) mass is 274 g/mol. The molecule has 1 aromatic carbocycles. The summed E-state index contributed by atoms with van der Waals surface area (Å²) in [4.78, 5) is 12.0. The van der Waals surface area contributed by atoms with Gasteiger partial charge in [-0.1, -0.05) is 30.7 Å². The van der Waals surface area contributed by atoms with Crippen molar-refractivity contribution in [3.05, 3.63) is 34.6 Å². The largest absolute Gasteiger partial charge is 0.393 e. The van der Waals surface area contributed by atoms with Crippen LogP contribution in [0.1, 0.15) is 17.3 Å². The molecule has 0 aliphatic heterocycles. The van der Waals surface area contributed by atoms with E-state index in [0.29, 0.717) is 17.1 Å². The van der Waals surface area contributed by atoms with Gasteiger partial charge in [0.05, 0.1) is 10.0 Å². The molecule has 0 saturated carbocycles. The number of nitrogens with one attached hydrogen (secondary N) is 1. The van der Waals surface area contributed by atoms with Crippen molar-refractivity contribution >= 4 is 34.7 Å². The highest BCUT2D eigenvalue weighted by Gasteiger charge is 2.11. The van der Waals surface area contributed by atoms with Crippen molar-refractivity contribution in [1.29, 1.82) is 0 Å². The molecule has 17 heavy (non-hydrogen) atoms. The lowest BCUT2D eigenvalue weighted by Crippen LogP contribution is -2.33. The van der Waals surface area contributed by atoms with Crippen LogP contribution in [0.5, 0.6) is 0 Å². The van der Waals surface area contributed by atoms with Crippen LogP contribution in [0.15, 0.2) is 18.2 Å². The lowest BCUT2D eigenvalue weighted by molar-refractivity contribution is 0.0951. The summed E-state index contributed by atoms with van der Waals surface area (Å²) in [7, 11) is 0. The van der Waals surface area contributed by atoms with E-state index >= 15 is 0 Å². The van der Waals surface area contributed by atoms with Gasteiger partial charge in [0.2, 0.25) is 0 Å². The predicted molar refractivity (Wildman–Crippen MR) is 69.7 cm³/mol. The second-order valence-electron chi connectivity index (χ2n) is 3.64. The van der Waals surface area contributed by atoms with Crippen LogP contribution in [-0.2, 0) is 0 Å². The van der Waals surface area contributed by atoms with Crippen LogP contribution >= 0.6 is 23.8 Å². The molecule has 1 rings (SSSR count). The van der Waals surface area contributed by atoms with E-state index in [0.717, 1.165) is 6.07 Å². The lowest BCUT2D eigenvalue weighted by Gasteiger charge is -2.11. The Hall–Kier alpha value is -1.20. The first-order chi connectivity index (χ1) is 7.91. The Morgan fingerprint density at radius 1 is 1.65 bits per heavy atom. The molecule has 3 N–H and O–H groups in total. The van der Waals surface area contributed by atoms with Gasteiger partial charge >= 0.3 is 0 Å². The average Bonchev–Trinajstić information content (AvgIpc) is 2.28. The van der Waals surface area contributed by atoms with E-state index in [9.17, 15) is 9.18 Å². The molecule has 1 atom stereocenters. The minimum Gasteiger partial charge on any atom is -0.393 e. The zero-order valence-corrected chi connectivity index (χ0v) is 10.7. The highest BCUT2D eigenvalue weighted by Crippen LogP contribution is 2.15. The number of benzene rings is 1. The summed E-state index contributed by atoms with van der Waals surface area (Å²) in [6.07, 6.45) is 0. The number of halogens is 2. The normalized spacial score (nSPS) is 11.9. The predicted octanol–water partition coefficient (Wildman–Crippen LogP) is 2.13. The van der Waals surface area contributed by atoms with Gasteiger partial charge in [0.1, 0.15) is 5.82 Å². The second-order valence-corrected chi connectivity index (χ2v) is 4.52. The summed E-state index contributed by atoms with van der Waals surface area (Å²) < 4.78 is 12.9. The SMILES string of the molecule is CC(CNC(=O)c1ccc(F)c(Cl)c1)C(N)=S. The molecule has 6 heteroatoms. The van der Waals surface area contributed by atoms with Gasteiger partial charge in [-0.2, -0.15) is 0 Å². The first-order valence-corrected chi connectivity index (χ1v) is 5.73. The Morgan fingerprint density at radius 2 is 2.29 bits per heavy atom. The maximum Gasteiger partial charge on any atom is 0.251 e. The molecule has 0 bridgehead atoms. The molecule has 0 aliphatic rings. The number of amides is 1. The lowest BCUT2D eigenvalue weighted by atomic mass is 10.1. The Kier molecular flexibility index (Phi) is 4.84. The molecule has 0 aliphatic carbocycles. The first-order valence-electron chi connectivity index (χ1n) is 4.94. The fraction of sp³-hybridized carbons (Fsp3) is 0.273. The van der Waals surface area contributed by atoms with E-state index in [1.807, 2.05) is 0 Å². The Bertz CT molecular complexity index is 453. The van der Waals surface area contributed by atoms with E-state index in [4.69, 9.17) is 29.6 Å². The van der Waals surface area contributed by atoms with Crippen LogP contribution < -0.4 is 11.1 Å². The van der Waals surface area contributed by atoms with Gasteiger partial charge in [-0.3, -0.25) is 4.79 Å². The number of thiocarbonyl (C=S) groups is 1. The Balaban J connectivity index is 2.64. The van der Waals surface area contributed by atoms with Crippen LogP contribution in [0.4, 0.5) is 4.39 Å². The quantitative estimate of drug-likeness (QED) is 0.827. The van der Waals surface area contributed by atoms with Crippen molar-refractivity contribution in [2.24, 2.45) is 11.7 Å². The Labute approximate surface area is 109 Å². The standard InChI is InChI=1S/C11H12ClFN2OS/c1-6(10(14)17)5-15-11(16)7-2-3-9(13)8(12)4-7/h2-4,6H,5H2,1H3,(H2,14,17)(H,15,16). The third kappa shape index (κ3) is 3.94. The third-order valence-corrected chi connectivity index (χ3v) is 2.93. The molecule has 1 aromatic rings. The smallest absolute Gasteiger partial charge is 0.251 e. The van der Waals surface area contributed by atoms with Crippen LogP contribution in [0.2, 0.25) is 5.02 Å². The van der Waals surface area contributed by atoms with E-state index in [-0.39, 0.29) is 16.8 Å². The number of carbonyl (C=O) groups is 1. The molecule has 3 nitrogen and oxygen atoms in total. The van der Waals surface area contributed by atoms with Crippen molar-refractivity contribution < 1.29 is 9.18 Å². The van der Waals surface area contributed by atoms with Crippen molar-refractivity contribution in [1.82, 2.24) is 5.32 Å².